The maximum Gasteiger partial charge on any atom is 0.334 e. The van der Waals surface area contributed by atoms with E-state index in [2.05, 4.69) is 13.2 Å². The third-order valence-corrected chi connectivity index (χ3v) is 5.75. The molecule has 1 N–H and O–H groups in total. The van der Waals surface area contributed by atoms with Crippen LogP contribution in [-0.2, 0) is 19.1 Å². The Hall–Kier alpha value is -1.88. The molecule has 0 aromatic carbocycles. The number of allylic oxidation sites excluding steroid dienone is 1. The maximum absolute atomic E-state index is 12.2. The van der Waals surface area contributed by atoms with Crippen molar-refractivity contribution in [3.8, 4) is 0 Å². The van der Waals surface area contributed by atoms with E-state index < -0.39 is 41.6 Å². The molecule has 0 aromatic rings. The van der Waals surface area contributed by atoms with E-state index in [4.69, 9.17) is 9.47 Å². The summed E-state index contributed by atoms with van der Waals surface area (Å²) in [4.78, 5) is 24.2. The SMILES string of the molecule is C=C(C)C(=O)OC1C2=C(C)CCC(O)C2(C)CC2OC(=O)C(=C)C21. The largest absolute Gasteiger partial charge is 0.458 e. The van der Waals surface area contributed by atoms with Crippen LogP contribution in [0.2, 0.25) is 0 Å². The first-order chi connectivity index (χ1) is 11.2. The summed E-state index contributed by atoms with van der Waals surface area (Å²) in [5.74, 6) is -1.35. The van der Waals surface area contributed by atoms with E-state index in [1.165, 1.54) is 0 Å². The molecule has 2 aliphatic carbocycles. The molecular weight excluding hydrogens is 308 g/mol. The van der Waals surface area contributed by atoms with Crippen LogP contribution in [0.3, 0.4) is 0 Å². The van der Waals surface area contributed by atoms with Gasteiger partial charge in [-0.05, 0) is 38.7 Å². The van der Waals surface area contributed by atoms with E-state index in [0.29, 0.717) is 24.0 Å². The highest BCUT2D eigenvalue weighted by Crippen LogP contribution is 2.55. The van der Waals surface area contributed by atoms with Gasteiger partial charge in [0.2, 0.25) is 0 Å². The van der Waals surface area contributed by atoms with E-state index in [0.717, 1.165) is 17.6 Å². The first-order valence-corrected chi connectivity index (χ1v) is 8.31. The zero-order valence-corrected chi connectivity index (χ0v) is 14.4. The second kappa shape index (κ2) is 5.59. The Morgan fingerprint density at radius 3 is 2.75 bits per heavy atom. The number of rotatable bonds is 2. The molecule has 3 aliphatic rings. The monoisotopic (exact) mass is 332 g/mol. The molecule has 24 heavy (non-hydrogen) atoms. The Kier molecular flexibility index (Phi) is 3.95. The van der Waals surface area contributed by atoms with E-state index >= 15 is 0 Å². The van der Waals surface area contributed by atoms with Crippen molar-refractivity contribution in [2.24, 2.45) is 11.3 Å². The predicted octanol–water partition coefficient (Wildman–Crippen LogP) is 2.45. The third-order valence-electron chi connectivity index (χ3n) is 5.75. The van der Waals surface area contributed by atoms with Crippen molar-refractivity contribution in [2.75, 3.05) is 0 Å². The molecule has 130 valence electrons. The molecule has 5 unspecified atom stereocenters. The fraction of sp³-hybridized carbons (Fsp3) is 0.579. The number of hydrogen-bond acceptors (Lipinski definition) is 5. The third kappa shape index (κ3) is 2.34. The van der Waals surface area contributed by atoms with Gasteiger partial charge in [-0.1, -0.05) is 25.7 Å². The molecule has 0 bridgehead atoms. The molecule has 1 heterocycles. The number of hydrogen-bond donors (Lipinski definition) is 1. The molecule has 0 amide bonds. The molecule has 5 atom stereocenters. The normalized spacial score (nSPS) is 38.3. The Morgan fingerprint density at radius 2 is 2.12 bits per heavy atom. The Morgan fingerprint density at radius 1 is 1.46 bits per heavy atom. The maximum atomic E-state index is 12.2. The van der Waals surface area contributed by atoms with Crippen LogP contribution >= 0.6 is 0 Å². The molecule has 2 fully saturated rings. The van der Waals surface area contributed by atoms with Crippen LogP contribution in [0, 0.1) is 11.3 Å². The lowest BCUT2D eigenvalue weighted by atomic mass is 9.57. The van der Waals surface area contributed by atoms with Crippen LogP contribution in [0.1, 0.15) is 40.0 Å². The molecule has 0 aromatic heterocycles. The van der Waals surface area contributed by atoms with Crippen molar-refractivity contribution in [3.05, 3.63) is 35.5 Å². The van der Waals surface area contributed by atoms with Crippen molar-refractivity contribution < 1.29 is 24.2 Å². The van der Waals surface area contributed by atoms with Gasteiger partial charge in [-0.3, -0.25) is 0 Å². The Balaban J connectivity index is 2.11. The van der Waals surface area contributed by atoms with Crippen molar-refractivity contribution in [1.29, 1.82) is 0 Å². The standard InChI is InChI=1S/C19H24O5/c1-9(2)17(21)24-16-14-11(4)18(22)23-12(14)8-19(5)13(20)7-6-10(3)15(16)19/h12-14,16,20H,1,4,6-8H2,2-3,5H3. The van der Waals surface area contributed by atoms with Crippen LogP contribution in [0.25, 0.3) is 0 Å². The summed E-state index contributed by atoms with van der Waals surface area (Å²) < 4.78 is 11.2. The second-order valence-electron chi connectivity index (χ2n) is 7.47. The average Bonchev–Trinajstić information content (AvgIpc) is 2.77. The van der Waals surface area contributed by atoms with Crippen LogP contribution in [-0.4, -0.2) is 35.4 Å². The predicted molar refractivity (Wildman–Crippen MR) is 87.9 cm³/mol. The molecule has 0 radical (unpaired) electrons. The van der Waals surface area contributed by atoms with Gasteiger partial charge in [0.25, 0.3) is 0 Å². The van der Waals surface area contributed by atoms with Crippen LogP contribution in [0.15, 0.2) is 35.5 Å². The van der Waals surface area contributed by atoms with E-state index in [1.54, 1.807) is 6.92 Å². The van der Waals surface area contributed by atoms with Gasteiger partial charge in [0.05, 0.1) is 12.0 Å². The molecule has 3 rings (SSSR count). The van der Waals surface area contributed by atoms with Gasteiger partial charge in [-0.2, -0.15) is 0 Å². The first kappa shape index (κ1) is 17.0. The summed E-state index contributed by atoms with van der Waals surface area (Å²) in [6.07, 6.45) is 0.271. The van der Waals surface area contributed by atoms with Gasteiger partial charge < -0.3 is 14.6 Å². The minimum absolute atomic E-state index is 0.296. The topological polar surface area (TPSA) is 72.8 Å². The highest BCUT2D eigenvalue weighted by Gasteiger charge is 2.59. The summed E-state index contributed by atoms with van der Waals surface area (Å²) in [5.41, 5.74) is 2.07. The van der Waals surface area contributed by atoms with Gasteiger partial charge >= 0.3 is 11.9 Å². The second-order valence-corrected chi connectivity index (χ2v) is 7.47. The van der Waals surface area contributed by atoms with Gasteiger partial charge in [0, 0.05) is 16.6 Å². The van der Waals surface area contributed by atoms with E-state index in [1.807, 2.05) is 13.8 Å². The molecule has 1 saturated carbocycles. The zero-order chi connectivity index (χ0) is 17.8. The number of esters is 2. The number of ether oxygens (including phenoxy) is 2. The fourth-order valence-electron chi connectivity index (χ4n) is 4.43. The highest BCUT2D eigenvalue weighted by atomic mass is 16.6. The quantitative estimate of drug-likeness (QED) is 0.478. The highest BCUT2D eigenvalue weighted by molar-refractivity contribution is 5.92. The summed E-state index contributed by atoms with van der Waals surface area (Å²) in [5, 5.41) is 10.6. The van der Waals surface area contributed by atoms with Crippen LogP contribution in [0.5, 0.6) is 0 Å². The van der Waals surface area contributed by atoms with Gasteiger partial charge in [-0.25, -0.2) is 9.59 Å². The average molecular weight is 332 g/mol. The number of carbonyl (C=O) groups is 2. The molecular formula is C19H24O5. The lowest BCUT2D eigenvalue weighted by Gasteiger charge is -2.50. The van der Waals surface area contributed by atoms with E-state index in [9.17, 15) is 14.7 Å². The van der Waals surface area contributed by atoms with Crippen molar-refractivity contribution >= 4 is 11.9 Å². The lowest BCUT2D eigenvalue weighted by Crippen LogP contribution is -2.53. The molecule has 1 aliphatic heterocycles. The molecule has 5 heteroatoms. The summed E-state index contributed by atoms with van der Waals surface area (Å²) in [6, 6.07) is 0. The fourth-order valence-corrected chi connectivity index (χ4v) is 4.43. The molecule has 0 spiro atoms. The summed E-state index contributed by atoms with van der Waals surface area (Å²) in [6.45, 7) is 13.0. The smallest absolute Gasteiger partial charge is 0.334 e. The molecule has 1 saturated heterocycles. The van der Waals surface area contributed by atoms with Crippen molar-refractivity contribution in [1.82, 2.24) is 0 Å². The van der Waals surface area contributed by atoms with Gasteiger partial charge in [0.1, 0.15) is 12.2 Å². The van der Waals surface area contributed by atoms with Gasteiger partial charge in [-0.15, -0.1) is 0 Å². The van der Waals surface area contributed by atoms with Gasteiger partial charge in [0.15, 0.2) is 0 Å². The molecule has 5 nitrogen and oxygen atoms in total. The minimum Gasteiger partial charge on any atom is -0.458 e. The first-order valence-electron chi connectivity index (χ1n) is 8.31. The van der Waals surface area contributed by atoms with Crippen LogP contribution < -0.4 is 0 Å². The number of fused-ring (bicyclic) bond motifs is 2. The number of carbonyl (C=O) groups excluding carboxylic acids is 2. The van der Waals surface area contributed by atoms with Crippen LogP contribution in [0.4, 0.5) is 0 Å². The van der Waals surface area contributed by atoms with E-state index in [-0.39, 0.29) is 0 Å². The zero-order valence-electron chi connectivity index (χ0n) is 14.4. The Labute approximate surface area is 142 Å². The van der Waals surface area contributed by atoms with Crippen molar-refractivity contribution in [3.63, 3.8) is 0 Å². The lowest BCUT2D eigenvalue weighted by molar-refractivity contribution is -0.153. The summed E-state index contributed by atoms with van der Waals surface area (Å²) >= 11 is 0. The summed E-state index contributed by atoms with van der Waals surface area (Å²) in [7, 11) is 0. The number of aliphatic hydroxyl groups excluding tert-OH is 1. The van der Waals surface area contributed by atoms with Crippen molar-refractivity contribution in [2.45, 2.75) is 58.3 Å². The minimum atomic E-state index is -0.646. The number of aliphatic hydroxyl groups is 1. The Bertz CT molecular complexity index is 673.